The van der Waals surface area contributed by atoms with E-state index in [2.05, 4.69) is 6.92 Å². The van der Waals surface area contributed by atoms with Gasteiger partial charge in [-0.25, -0.2) is 4.79 Å². The smallest absolute Gasteiger partial charge is 0.336 e. The SMILES string of the molecule is CC1=C2C[C@@]3(C)C(=C[C@@]2(O)OC1=O)CC[C@@H](O)[C@@H]3C. The van der Waals surface area contributed by atoms with Gasteiger partial charge >= 0.3 is 5.97 Å². The zero-order valence-electron chi connectivity index (χ0n) is 11.6. The molecule has 3 rings (SSSR count). The molecular formula is C15H20O4. The molecule has 0 aromatic heterocycles. The molecule has 1 aliphatic heterocycles. The number of aliphatic hydroxyl groups excluding tert-OH is 1. The summed E-state index contributed by atoms with van der Waals surface area (Å²) in [6.07, 6.45) is 3.39. The van der Waals surface area contributed by atoms with Gasteiger partial charge in [-0.05, 0) is 43.6 Å². The Morgan fingerprint density at radius 3 is 2.84 bits per heavy atom. The molecular weight excluding hydrogens is 244 g/mol. The summed E-state index contributed by atoms with van der Waals surface area (Å²) in [5, 5.41) is 20.6. The molecule has 0 saturated heterocycles. The summed E-state index contributed by atoms with van der Waals surface area (Å²) < 4.78 is 5.12. The van der Waals surface area contributed by atoms with Crippen molar-refractivity contribution < 1.29 is 19.7 Å². The lowest BCUT2D eigenvalue weighted by atomic mass is 9.58. The minimum atomic E-state index is -1.54. The van der Waals surface area contributed by atoms with E-state index in [-0.39, 0.29) is 17.4 Å². The van der Waals surface area contributed by atoms with E-state index in [4.69, 9.17) is 4.74 Å². The predicted molar refractivity (Wildman–Crippen MR) is 69.0 cm³/mol. The Kier molecular flexibility index (Phi) is 2.51. The highest BCUT2D eigenvalue weighted by Gasteiger charge is 2.54. The molecule has 4 heteroatoms. The van der Waals surface area contributed by atoms with Crippen molar-refractivity contribution in [2.24, 2.45) is 11.3 Å². The number of aliphatic hydroxyl groups is 2. The second-order valence-corrected chi connectivity index (χ2v) is 6.35. The summed E-state index contributed by atoms with van der Waals surface area (Å²) in [4.78, 5) is 11.7. The van der Waals surface area contributed by atoms with Crippen LogP contribution in [-0.4, -0.2) is 28.1 Å². The monoisotopic (exact) mass is 264 g/mol. The van der Waals surface area contributed by atoms with Gasteiger partial charge in [0, 0.05) is 11.1 Å². The first-order valence-electron chi connectivity index (χ1n) is 6.84. The van der Waals surface area contributed by atoms with E-state index < -0.39 is 11.8 Å². The van der Waals surface area contributed by atoms with Crippen LogP contribution in [0.2, 0.25) is 0 Å². The fourth-order valence-corrected chi connectivity index (χ4v) is 3.72. The van der Waals surface area contributed by atoms with Gasteiger partial charge in [-0.3, -0.25) is 0 Å². The number of hydrogen-bond donors (Lipinski definition) is 2. The summed E-state index contributed by atoms with van der Waals surface area (Å²) in [5.41, 5.74) is 2.06. The number of ether oxygens (including phenoxy) is 1. The molecule has 0 aromatic rings. The van der Waals surface area contributed by atoms with Gasteiger partial charge in [0.1, 0.15) is 0 Å². The van der Waals surface area contributed by atoms with Gasteiger partial charge in [0.2, 0.25) is 0 Å². The predicted octanol–water partition coefficient (Wildman–Crippen LogP) is 1.68. The van der Waals surface area contributed by atoms with Crippen LogP contribution in [0.25, 0.3) is 0 Å². The van der Waals surface area contributed by atoms with E-state index in [1.165, 1.54) is 0 Å². The quantitative estimate of drug-likeness (QED) is 0.516. The molecule has 0 aromatic carbocycles. The Morgan fingerprint density at radius 2 is 2.16 bits per heavy atom. The van der Waals surface area contributed by atoms with E-state index in [0.29, 0.717) is 24.0 Å². The molecule has 1 fully saturated rings. The first-order chi connectivity index (χ1) is 8.78. The zero-order chi connectivity index (χ0) is 14.0. The van der Waals surface area contributed by atoms with Crippen molar-refractivity contribution in [1.29, 1.82) is 0 Å². The van der Waals surface area contributed by atoms with Crippen LogP contribution >= 0.6 is 0 Å². The normalized spacial score (nSPS) is 45.5. The lowest BCUT2D eigenvalue weighted by Crippen LogP contribution is -2.46. The molecule has 0 bridgehead atoms. The van der Waals surface area contributed by atoms with Crippen LogP contribution in [-0.2, 0) is 9.53 Å². The maximum Gasteiger partial charge on any atom is 0.336 e. The number of carbonyl (C=O) groups excluding carboxylic acids is 1. The van der Waals surface area contributed by atoms with Gasteiger partial charge in [0.15, 0.2) is 0 Å². The van der Waals surface area contributed by atoms with Crippen molar-refractivity contribution in [3.63, 3.8) is 0 Å². The highest BCUT2D eigenvalue weighted by molar-refractivity contribution is 5.92. The average Bonchev–Trinajstić information content (AvgIpc) is 2.55. The van der Waals surface area contributed by atoms with Crippen LogP contribution in [0, 0.1) is 11.3 Å². The fraction of sp³-hybridized carbons (Fsp3) is 0.667. The highest BCUT2D eigenvalue weighted by atomic mass is 16.7. The summed E-state index contributed by atoms with van der Waals surface area (Å²) in [6, 6.07) is 0. The number of carbonyl (C=O) groups is 1. The maximum atomic E-state index is 11.7. The topological polar surface area (TPSA) is 66.8 Å². The van der Waals surface area contributed by atoms with Crippen molar-refractivity contribution >= 4 is 5.97 Å². The molecule has 2 aliphatic carbocycles. The number of fused-ring (bicyclic) bond motifs is 2. The van der Waals surface area contributed by atoms with Crippen molar-refractivity contribution in [2.45, 2.75) is 51.9 Å². The van der Waals surface area contributed by atoms with E-state index >= 15 is 0 Å². The lowest BCUT2D eigenvalue weighted by Gasteiger charge is -2.49. The summed E-state index contributed by atoms with van der Waals surface area (Å²) in [5.74, 6) is -1.88. The summed E-state index contributed by atoms with van der Waals surface area (Å²) >= 11 is 0. The molecule has 0 unspecified atom stereocenters. The van der Waals surface area contributed by atoms with Gasteiger partial charge in [-0.1, -0.05) is 19.4 Å². The average molecular weight is 264 g/mol. The number of hydrogen-bond acceptors (Lipinski definition) is 4. The Bertz CT molecular complexity index is 518. The van der Waals surface area contributed by atoms with Crippen molar-refractivity contribution in [3.05, 3.63) is 22.8 Å². The van der Waals surface area contributed by atoms with Gasteiger partial charge < -0.3 is 14.9 Å². The molecule has 2 N–H and O–H groups in total. The first-order valence-corrected chi connectivity index (χ1v) is 6.84. The van der Waals surface area contributed by atoms with Gasteiger partial charge in [-0.15, -0.1) is 0 Å². The number of rotatable bonds is 0. The third kappa shape index (κ3) is 1.56. The van der Waals surface area contributed by atoms with Gasteiger partial charge in [0.25, 0.3) is 5.79 Å². The third-order valence-electron chi connectivity index (χ3n) is 5.38. The minimum Gasteiger partial charge on any atom is -0.422 e. The van der Waals surface area contributed by atoms with Gasteiger partial charge in [0.05, 0.1) is 6.10 Å². The van der Waals surface area contributed by atoms with Gasteiger partial charge in [-0.2, -0.15) is 0 Å². The van der Waals surface area contributed by atoms with Crippen molar-refractivity contribution in [1.82, 2.24) is 0 Å². The lowest BCUT2D eigenvalue weighted by molar-refractivity contribution is -0.170. The minimum absolute atomic E-state index is 0.105. The second-order valence-electron chi connectivity index (χ2n) is 6.35. The summed E-state index contributed by atoms with van der Waals surface area (Å²) in [7, 11) is 0. The van der Waals surface area contributed by atoms with Crippen molar-refractivity contribution in [3.8, 4) is 0 Å². The van der Waals surface area contributed by atoms with E-state index in [0.717, 1.165) is 12.0 Å². The van der Waals surface area contributed by atoms with Crippen LogP contribution in [0.15, 0.2) is 22.8 Å². The third-order valence-corrected chi connectivity index (χ3v) is 5.38. The molecule has 4 atom stereocenters. The molecule has 104 valence electrons. The van der Waals surface area contributed by atoms with Crippen LogP contribution in [0.3, 0.4) is 0 Å². The standard InChI is InChI=1S/C15H20O4/c1-8-11-7-14(3)9(2)12(16)5-4-10(14)6-15(11,18)19-13(8)17/h6,9,12,16,18H,4-5,7H2,1-3H3/t9-,12+,14+,15+/m0/s1. The zero-order valence-corrected chi connectivity index (χ0v) is 11.6. The molecule has 4 nitrogen and oxygen atoms in total. The highest BCUT2D eigenvalue weighted by Crippen LogP contribution is 2.56. The molecule has 1 heterocycles. The molecule has 3 aliphatic rings. The Morgan fingerprint density at radius 1 is 1.47 bits per heavy atom. The van der Waals surface area contributed by atoms with E-state index in [1.807, 2.05) is 6.92 Å². The first kappa shape index (κ1) is 12.9. The molecule has 0 amide bonds. The van der Waals surface area contributed by atoms with E-state index in [1.54, 1.807) is 13.0 Å². The Hall–Kier alpha value is -1.13. The summed E-state index contributed by atoms with van der Waals surface area (Å²) in [6.45, 7) is 5.84. The fourth-order valence-electron chi connectivity index (χ4n) is 3.72. The molecule has 0 spiro atoms. The maximum absolute atomic E-state index is 11.7. The van der Waals surface area contributed by atoms with Crippen LogP contribution in [0.5, 0.6) is 0 Å². The Labute approximate surface area is 112 Å². The Balaban J connectivity index is 2.13. The van der Waals surface area contributed by atoms with Crippen LogP contribution < -0.4 is 0 Å². The number of esters is 1. The van der Waals surface area contributed by atoms with E-state index in [9.17, 15) is 15.0 Å². The van der Waals surface area contributed by atoms with Crippen LogP contribution in [0.4, 0.5) is 0 Å². The second kappa shape index (κ2) is 3.70. The van der Waals surface area contributed by atoms with Crippen molar-refractivity contribution in [2.75, 3.05) is 0 Å². The number of allylic oxidation sites excluding steroid dienone is 1. The van der Waals surface area contributed by atoms with Crippen LogP contribution in [0.1, 0.15) is 40.0 Å². The molecule has 0 radical (unpaired) electrons. The largest absolute Gasteiger partial charge is 0.422 e. The molecule has 1 saturated carbocycles. The molecule has 19 heavy (non-hydrogen) atoms.